The fraction of sp³-hybridized carbons (Fsp3) is 0.571. The normalized spacial score (nSPS) is 17.1. The van der Waals surface area contributed by atoms with Crippen LogP contribution in [0.5, 0.6) is 0 Å². The van der Waals surface area contributed by atoms with Crippen molar-refractivity contribution in [1.29, 1.82) is 0 Å². The predicted octanol–water partition coefficient (Wildman–Crippen LogP) is 4.86. The number of hydrogen-bond donors (Lipinski definition) is 1. The van der Waals surface area contributed by atoms with Gasteiger partial charge >= 0.3 is 0 Å². The minimum absolute atomic E-state index is 0.263. The lowest BCUT2D eigenvalue weighted by Gasteiger charge is -2.21. The Morgan fingerprint density at radius 2 is 2.00 bits per heavy atom. The molecule has 3 heteroatoms. The van der Waals surface area contributed by atoms with Crippen molar-refractivity contribution in [1.82, 2.24) is 0 Å². The Morgan fingerprint density at radius 3 is 2.71 bits per heavy atom. The molecule has 1 aliphatic carbocycles. The SMILES string of the molecule is Fc1cccc(Cl)c1NCCC1CCCCC1. The fourth-order valence-electron chi connectivity index (χ4n) is 2.54. The highest BCUT2D eigenvalue weighted by atomic mass is 35.5. The van der Waals surface area contributed by atoms with Crippen molar-refractivity contribution >= 4 is 17.3 Å². The third-order valence-electron chi connectivity index (χ3n) is 3.54. The lowest BCUT2D eigenvalue weighted by molar-refractivity contribution is 0.345. The number of rotatable bonds is 4. The second kappa shape index (κ2) is 6.25. The Labute approximate surface area is 107 Å². The summed E-state index contributed by atoms with van der Waals surface area (Å²) in [4.78, 5) is 0. The molecule has 0 amide bonds. The molecule has 2 rings (SSSR count). The molecule has 0 aromatic heterocycles. The van der Waals surface area contributed by atoms with E-state index in [0.717, 1.165) is 18.9 Å². The van der Waals surface area contributed by atoms with Gasteiger partial charge in [0.05, 0.1) is 10.7 Å². The van der Waals surface area contributed by atoms with Gasteiger partial charge in [0.15, 0.2) is 0 Å². The van der Waals surface area contributed by atoms with Crippen LogP contribution in [0.2, 0.25) is 5.02 Å². The molecular formula is C14H19ClFN. The predicted molar refractivity (Wildman–Crippen MR) is 71.1 cm³/mol. The van der Waals surface area contributed by atoms with Gasteiger partial charge in [-0.1, -0.05) is 49.8 Å². The number of nitrogens with one attached hydrogen (secondary N) is 1. The number of benzene rings is 1. The molecule has 17 heavy (non-hydrogen) atoms. The highest BCUT2D eigenvalue weighted by molar-refractivity contribution is 6.33. The molecular weight excluding hydrogens is 237 g/mol. The van der Waals surface area contributed by atoms with Crippen molar-refractivity contribution < 1.29 is 4.39 Å². The smallest absolute Gasteiger partial charge is 0.147 e. The number of para-hydroxylation sites is 1. The molecule has 0 aliphatic heterocycles. The molecule has 1 N–H and O–H groups in total. The van der Waals surface area contributed by atoms with Gasteiger partial charge in [0.25, 0.3) is 0 Å². The van der Waals surface area contributed by atoms with Crippen LogP contribution in [0.4, 0.5) is 10.1 Å². The van der Waals surface area contributed by atoms with E-state index in [2.05, 4.69) is 5.32 Å². The molecule has 1 nitrogen and oxygen atoms in total. The van der Waals surface area contributed by atoms with E-state index in [9.17, 15) is 4.39 Å². The minimum atomic E-state index is -0.263. The number of halogens is 2. The summed E-state index contributed by atoms with van der Waals surface area (Å²) in [5, 5.41) is 3.59. The third-order valence-corrected chi connectivity index (χ3v) is 3.86. The van der Waals surface area contributed by atoms with E-state index in [1.54, 1.807) is 12.1 Å². The van der Waals surface area contributed by atoms with Gasteiger partial charge in [-0.25, -0.2) is 4.39 Å². The first-order valence-corrected chi connectivity index (χ1v) is 6.83. The molecule has 94 valence electrons. The molecule has 1 aromatic carbocycles. The Balaban J connectivity index is 1.81. The van der Waals surface area contributed by atoms with Crippen molar-refractivity contribution in [3.05, 3.63) is 29.0 Å². The summed E-state index contributed by atoms with van der Waals surface area (Å²) >= 11 is 5.95. The van der Waals surface area contributed by atoms with Crippen molar-refractivity contribution in [2.45, 2.75) is 38.5 Å². The molecule has 0 radical (unpaired) electrons. The summed E-state index contributed by atoms with van der Waals surface area (Å²) in [5.41, 5.74) is 0.449. The largest absolute Gasteiger partial charge is 0.381 e. The Bertz CT molecular complexity index is 341. The Morgan fingerprint density at radius 1 is 1.24 bits per heavy atom. The number of anilines is 1. The zero-order chi connectivity index (χ0) is 12.1. The van der Waals surface area contributed by atoms with E-state index >= 15 is 0 Å². The maximum absolute atomic E-state index is 13.5. The van der Waals surface area contributed by atoms with Crippen molar-refractivity contribution in [2.24, 2.45) is 5.92 Å². The molecule has 1 aliphatic rings. The summed E-state index contributed by atoms with van der Waals surface area (Å²) in [6.07, 6.45) is 7.85. The summed E-state index contributed by atoms with van der Waals surface area (Å²) in [7, 11) is 0. The standard InChI is InChI=1S/C14H19ClFN/c15-12-7-4-8-13(16)14(12)17-10-9-11-5-2-1-3-6-11/h4,7-8,11,17H,1-3,5-6,9-10H2. The topological polar surface area (TPSA) is 12.0 Å². The monoisotopic (exact) mass is 255 g/mol. The molecule has 0 spiro atoms. The lowest BCUT2D eigenvalue weighted by atomic mass is 9.87. The Kier molecular flexibility index (Phi) is 4.66. The van der Waals surface area contributed by atoms with Gasteiger partial charge in [0, 0.05) is 6.54 Å². The highest BCUT2D eigenvalue weighted by Crippen LogP contribution is 2.28. The van der Waals surface area contributed by atoms with Crippen molar-refractivity contribution in [3.8, 4) is 0 Å². The van der Waals surface area contributed by atoms with Gasteiger partial charge in [-0.3, -0.25) is 0 Å². The second-order valence-corrected chi connectivity index (χ2v) is 5.22. The van der Waals surface area contributed by atoms with Crippen LogP contribution in [0.3, 0.4) is 0 Å². The quantitative estimate of drug-likeness (QED) is 0.810. The molecule has 0 atom stereocenters. The summed E-state index contributed by atoms with van der Waals surface area (Å²) in [6, 6.07) is 4.78. The van der Waals surface area contributed by atoms with Crippen LogP contribution >= 0.6 is 11.6 Å². The summed E-state index contributed by atoms with van der Waals surface area (Å²) < 4.78 is 13.5. The zero-order valence-electron chi connectivity index (χ0n) is 10.0. The molecule has 1 fully saturated rings. The molecule has 0 bridgehead atoms. The number of hydrogen-bond acceptors (Lipinski definition) is 1. The lowest BCUT2D eigenvalue weighted by Crippen LogP contribution is -2.12. The van der Waals surface area contributed by atoms with E-state index in [4.69, 9.17) is 11.6 Å². The van der Waals surface area contributed by atoms with Gasteiger partial charge in [0.2, 0.25) is 0 Å². The molecule has 0 saturated heterocycles. The average molecular weight is 256 g/mol. The molecule has 1 aromatic rings. The van der Waals surface area contributed by atoms with Crippen LogP contribution in [0.15, 0.2) is 18.2 Å². The van der Waals surface area contributed by atoms with Crippen LogP contribution in [0.25, 0.3) is 0 Å². The maximum Gasteiger partial charge on any atom is 0.147 e. The summed E-state index contributed by atoms with van der Waals surface area (Å²) in [6.45, 7) is 0.811. The van der Waals surface area contributed by atoms with Gasteiger partial charge in [-0.2, -0.15) is 0 Å². The van der Waals surface area contributed by atoms with Crippen LogP contribution < -0.4 is 5.32 Å². The van der Waals surface area contributed by atoms with Crippen LogP contribution in [0, 0.1) is 11.7 Å². The highest BCUT2D eigenvalue weighted by Gasteiger charge is 2.13. The molecule has 0 heterocycles. The Hall–Kier alpha value is -0.760. The molecule has 1 saturated carbocycles. The van der Waals surface area contributed by atoms with E-state index in [0.29, 0.717) is 10.7 Å². The molecule has 0 unspecified atom stereocenters. The van der Waals surface area contributed by atoms with Gasteiger partial charge in [0.1, 0.15) is 5.82 Å². The van der Waals surface area contributed by atoms with E-state index in [1.165, 1.54) is 38.2 Å². The average Bonchev–Trinajstić information content (AvgIpc) is 2.34. The summed E-state index contributed by atoms with van der Waals surface area (Å²) in [5.74, 6) is 0.544. The first kappa shape index (κ1) is 12.7. The van der Waals surface area contributed by atoms with E-state index < -0.39 is 0 Å². The first-order valence-electron chi connectivity index (χ1n) is 6.45. The minimum Gasteiger partial charge on any atom is -0.381 e. The second-order valence-electron chi connectivity index (χ2n) is 4.82. The van der Waals surface area contributed by atoms with Crippen LogP contribution in [0.1, 0.15) is 38.5 Å². The van der Waals surface area contributed by atoms with Crippen LogP contribution in [-0.4, -0.2) is 6.54 Å². The van der Waals surface area contributed by atoms with E-state index in [-0.39, 0.29) is 5.82 Å². The van der Waals surface area contributed by atoms with E-state index in [1.807, 2.05) is 0 Å². The zero-order valence-corrected chi connectivity index (χ0v) is 10.8. The van der Waals surface area contributed by atoms with Crippen molar-refractivity contribution in [3.63, 3.8) is 0 Å². The third kappa shape index (κ3) is 3.60. The van der Waals surface area contributed by atoms with Crippen molar-refractivity contribution in [2.75, 3.05) is 11.9 Å². The van der Waals surface area contributed by atoms with Gasteiger partial charge in [-0.05, 0) is 24.5 Å². The maximum atomic E-state index is 13.5. The van der Waals surface area contributed by atoms with Gasteiger partial charge < -0.3 is 5.32 Å². The van der Waals surface area contributed by atoms with Crippen LogP contribution in [-0.2, 0) is 0 Å². The van der Waals surface area contributed by atoms with Gasteiger partial charge in [-0.15, -0.1) is 0 Å². The first-order chi connectivity index (χ1) is 8.27. The fourth-order valence-corrected chi connectivity index (χ4v) is 2.77.